The molecule has 2 aromatic carbocycles. The lowest BCUT2D eigenvalue weighted by Gasteiger charge is -2.62. The first kappa shape index (κ1) is 25.6. The summed E-state index contributed by atoms with van der Waals surface area (Å²) in [5.74, 6) is -2.19. The van der Waals surface area contributed by atoms with Crippen LogP contribution in [0.2, 0.25) is 5.02 Å². The van der Waals surface area contributed by atoms with Crippen molar-refractivity contribution in [3.8, 4) is 0 Å². The Hall–Kier alpha value is -3.45. The van der Waals surface area contributed by atoms with Crippen LogP contribution in [0.4, 0.5) is 24.5 Å². The molecule has 1 unspecified atom stereocenters. The summed E-state index contributed by atoms with van der Waals surface area (Å²) in [4.78, 5) is 9.12. The van der Waals surface area contributed by atoms with Gasteiger partial charge < -0.3 is 15.5 Å². The number of benzene rings is 2. The third kappa shape index (κ3) is 4.80. The van der Waals surface area contributed by atoms with E-state index in [4.69, 9.17) is 17.3 Å². The van der Waals surface area contributed by atoms with Crippen molar-refractivity contribution in [1.82, 2.24) is 9.88 Å². The molecule has 2 N–H and O–H groups in total. The van der Waals surface area contributed by atoms with Gasteiger partial charge in [-0.2, -0.15) is 0 Å². The van der Waals surface area contributed by atoms with Crippen molar-refractivity contribution in [3.05, 3.63) is 114 Å². The average molecular weight is 513 g/mol. The third-order valence-corrected chi connectivity index (χ3v) is 7.23. The summed E-state index contributed by atoms with van der Waals surface area (Å²) < 4.78 is 37.9. The standard InChI is InChI=1S/C22H23ClFN3.C6H5F2N/c1-15(2)26-12-9-22(10-13-26)16(3)27(17-7-8-19(24)18(23)14-17)21(22)20-6-4-5-11-25-20;7-5-2-1-4(9)3-6(5)8/h4-8,11,14,21H,1,3,9-10,12-13H2,2H3;1-3H,9H2. The Bertz CT molecular complexity index is 1270. The minimum atomic E-state index is -0.907. The number of anilines is 2. The number of rotatable bonds is 3. The van der Waals surface area contributed by atoms with Crippen molar-refractivity contribution >= 4 is 23.0 Å². The maximum atomic E-state index is 13.7. The lowest BCUT2D eigenvalue weighted by Crippen LogP contribution is -2.60. The Balaban J connectivity index is 0.000000286. The molecule has 0 radical (unpaired) electrons. The molecule has 0 bridgehead atoms. The quantitative estimate of drug-likeness (QED) is 0.380. The molecule has 2 fully saturated rings. The number of pyridine rings is 1. The molecule has 0 amide bonds. The number of hydrogen-bond acceptors (Lipinski definition) is 4. The number of aromatic nitrogens is 1. The van der Waals surface area contributed by atoms with Crippen LogP contribution in [0, 0.1) is 22.9 Å². The van der Waals surface area contributed by atoms with E-state index < -0.39 is 17.5 Å². The van der Waals surface area contributed by atoms with Gasteiger partial charge in [-0.25, -0.2) is 13.2 Å². The fraction of sp³-hybridized carbons (Fsp3) is 0.250. The van der Waals surface area contributed by atoms with Crippen LogP contribution in [-0.2, 0) is 0 Å². The number of allylic oxidation sites excluding steroid dienone is 1. The predicted molar refractivity (Wildman–Crippen MR) is 139 cm³/mol. The van der Waals surface area contributed by atoms with E-state index in [1.165, 1.54) is 12.1 Å². The molecule has 0 saturated carbocycles. The van der Waals surface area contributed by atoms with Crippen LogP contribution in [0.1, 0.15) is 31.5 Å². The van der Waals surface area contributed by atoms with Gasteiger partial charge in [0.2, 0.25) is 0 Å². The highest BCUT2D eigenvalue weighted by Crippen LogP contribution is 2.62. The van der Waals surface area contributed by atoms with Crippen molar-refractivity contribution in [2.75, 3.05) is 23.7 Å². The Morgan fingerprint density at radius 2 is 1.72 bits per heavy atom. The van der Waals surface area contributed by atoms with Crippen LogP contribution in [0.15, 0.2) is 85.3 Å². The van der Waals surface area contributed by atoms with Crippen LogP contribution in [-0.4, -0.2) is 23.0 Å². The van der Waals surface area contributed by atoms with Gasteiger partial charge in [-0.15, -0.1) is 0 Å². The fourth-order valence-electron chi connectivity index (χ4n) is 4.99. The minimum absolute atomic E-state index is 0.0405. The van der Waals surface area contributed by atoms with Crippen LogP contribution < -0.4 is 10.6 Å². The first-order valence-corrected chi connectivity index (χ1v) is 12.0. The number of nitrogens with two attached hydrogens (primary N) is 1. The average Bonchev–Trinajstić information content (AvgIpc) is 2.87. The summed E-state index contributed by atoms with van der Waals surface area (Å²) >= 11 is 6.05. The van der Waals surface area contributed by atoms with E-state index in [1.54, 1.807) is 12.1 Å². The molecule has 36 heavy (non-hydrogen) atoms. The van der Waals surface area contributed by atoms with E-state index in [-0.39, 0.29) is 22.2 Å². The fourth-order valence-corrected chi connectivity index (χ4v) is 5.16. The summed E-state index contributed by atoms with van der Waals surface area (Å²) in [6, 6.07) is 14.1. The molecule has 5 rings (SSSR count). The lowest BCUT2D eigenvalue weighted by molar-refractivity contribution is 0.0827. The molecule has 3 aromatic rings. The molecule has 8 heteroatoms. The molecule has 1 spiro atoms. The van der Waals surface area contributed by atoms with Crippen molar-refractivity contribution in [3.63, 3.8) is 0 Å². The zero-order chi connectivity index (χ0) is 26.0. The molecule has 3 heterocycles. The Morgan fingerprint density at radius 3 is 2.28 bits per heavy atom. The van der Waals surface area contributed by atoms with Crippen LogP contribution in [0.25, 0.3) is 0 Å². The molecule has 4 nitrogen and oxygen atoms in total. The molecule has 2 saturated heterocycles. The second-order valence-corrected chi connectivity index (χ2v) is 9.53. The summed E-state index contributed by atoms with van der Waals surface area (Å²) in [7, 11) is 0. The van der Waals surface area contributed by atoms with Crippen LogP contribution >= 0.6 is 11.6 Å². The molecule has 0 aliphatic carbocycles. The van der Waals surface area contributed by atoms with Gasteiger partial charge in [0.25, 0.3) is 0 Å². The zero-order valence-electron chi connectivity index (χ0n) is 20.0. The monoisotopic (exact) mass is 512 g/mol. The molecular formula is C28H28ClF3N4. The number of piperidine rings is 1. The van der Waals surface area contributed by atoms with Gasteiger partial charge in [0.1, 0.15) is 5.82 Å². The summed E-state index contributed by atoms with van der Waals surface area (Å²) in [5.41, 5.74) is 9.34. The molecule has 1 atom stereocenters. The minimum Gasteiger partial charge on any atom is -0.399 e. The number of halogens is 4. The second-order valence-electron chi connectivity index (χ2n) is 9.12. The SMILES string of the molecule is C=C(C)N1CCC2(CC1)C(=C)N(c1ccc(F)c(Cl)c1)C2c1ccccn1.Nc1ccc(F)c(F)c1. The Labute approximate surface area is 214 Å². The topological polar surface area (TPSA) is 45.4 Å². The van der Waals surface area contributed by atoms with Gasteiger partial charge in [0, 0.05) is 47.5 Å². The number of nitrogens with zero attached hydrogens (tertiary/aromatic N) is 3. The van der Waals surface area contributed by atoms with Crippen LogP contribution in [0.5, 0.6) is 0 Å². The summed E-state index contributed by atoms with van der Waals surface area (Å²) in [5, 5.41) is 0.123. The third-order valence-electron chi connectivity index (χ3n) is 6.94. The van der Waals surface area contributed by atoms with Gasteiger partial charge in [0.05, 0.1) is 16.8 Å². The van der Waals surface area contributed by atoms with Crippen molar-refractivity contribution in [1.29, 1.82) is 0 Å². The van der Waals surface area contributed by atoms with Gasteiger partial charge in [-0.05, 0) is 68.3 Å². The first-order chi connectivity index (χ1) is 17.1. The molecule has 1 aromatic heterocycles. The maximum absolute atomic E-state index is 13.7. The summed E-state index contributed by atoms with van der Waals surface area (Å²) in [6.07, 6.45) is 3.81. The molecule has 2 aliphatic heterocycles. The van der Waals surface area contributed by atoms with Gasteiger partial charge >= 0.3 is 0 Å². The van der Waals surface area contributed by atoms with Gasteiger partial charge in [0.15, 0.2) is 11.6 Å². The first-order valence-electron chi connectivity index (χ1n) is 11.6. The van der Waals surface area contributed by atoms with Crippen molar-refractivity contribution < 1.29 is 13.2 Å². The predicted octanol–water partition coefficient (Wildman–Crippen LogP) is 7.11. The molecule has 188 valence electrons. The van der Waals surface area contributed by atoms with Crippen molar-refractivity contribution in [2.45, 2.75) is 25.8 Å². The molecule has 2 aliphatic rings. The molecular weight excluding hydrogens is 485 g/mol. The smallest absolute Gasteiger partial charge is 0.160 e. The Kier molecular flexibility index (Phi) is 7.31. The van der Waals surface area contributed by atoms with Gasteiger partial charge in [-0.1, -0.05) is 30.8 Å². The largest absolute Gasteiger partial charge is 0.399 e. The number of likely N-dealkylation sites (tertiary alicyclic amines) is 1. The van der Waals surface area contributed by atoms with E-state index in [1.807, 2.05) is 18.3 Å². The highest BCUT2D eigenvalue weighted by Gasteiger charge is 2.58. The lowest BCUT2D eigenvalue weighted by atomic mass is 9.61. The van der Waals surface area contributed by atoms with E-state index in [0.29, 0.717) is 0 Å². The highest BCUT2D eigenvalue weighted by molar-refractivity contribution is 6.31. The Morgan fingerprint density at radius 1 is 1.03 bits per heavy atom. The van der Waals surface area contributed by atoms with Crippen LogP contribution in [0.3, 0.4) is 0 Å². The number of nitrogen functional groups attached to an aromatic ring is 1. The van der Waals surface area contributed by atoms with E-state index in [9.17, 15) is 13.2 Å². The normalized spacial score (nSPS) is 18.4. The second kappa shape index (κ2) is 10.3. The van der Waals surface area contributed by atoms with Gasteiger partial charge in [-0.3, -0.25) is 4.98 Å². The number of hydrogen-bond donors (Lipinski definition) is 1. The summed E-state index contributed by atoms with van der Waals surface area (Å²) in [6.45, 7) is 12.5. The van der Waals surface area contributed by atoms with Crippen molar-refractivity contribution in [2.24, 2.45) is 5.41 Å². The van der Waals surface area contributed by atoms with E-state index in [2.05, 4.69) is 40.9 Å². The zero-order valence-corrected chi connectivity index (χ0v) is 20.8. The van der Waals surface area contributed by atoms with E-state index >= 15 is 0 Å². The van der Waals surface area contributed by atoms with E-state index in [0.717, 1.165) is 60.8 Å². The maximum Gasteiger partial charge on any atom is 0.160 e. The highest BCUT2D eigenvalue weighted by atomic mass is 35.5.